The van der Waals surface area contributed by atoms with Crippen molar-refractivity contribution in [2.75, 3.05) is 0 Å². The van der Waals surface area contributed by atoms with Crippen LogP contribution in [0, 0.1) is 0 Å². The molecule has 0 aliphatic heterocycles. The highest BCUT2D eigenvalue weighted by molar-refractivity contribution is 6.18. The minimum atomic E-state index is -0.0914. The molecule has 2 nitrogen and oxygen atoms in total. The summed E-state index contributed by atoms with van der Waals surface area (Å²) in [6.45, 7) is 3.96. The molecule has 0 fully saturated rings. The second-order valence-corrected chi connectivity index (χ2v) is 6.19. The minimum absolute atomic E-state index is 0.0410. The Morgan fingerprint density at radius 1 is 0.960 bits per heavy atom. The predicted octanol–water partition coefficient (Wildman–Crippen LogP) is 5.59. The summed E-state index contributed by atoms with van der Waals surface area (Å²) in [5, 5.41) is 0. The number of Topliss-reactive ketones (excluding diaryl/α,β-unsaturated/α-hetero) is 1. The molecule has 2 heteroatoms. The van der Waals surface area contributed by atoms with Crippen LogP contribution in [-0.2, 0) is 9.59 Å². The SMILES string of the molecule is CCCCC(/C(=C(\C=O)C(=O)CC)c1ccccc1)c1ccccc1. The molecule has 130 valence electrons. The number of allylic oxidation sites excluding steroid dienone is 2. The van der Waals surface area contributed by atoms with Gasteiger partial charge in [0.05, 0.1) is 5.57 Å². The van der Waals surface area contributed by atoms with E-state index in [1.54, 1.807) is 6.92 Å². The molecule has 0 saturated heterocycles. The van der Waals surface area contributed by atoms with Gasteiger partial charge in [-0.3, -0.25) is 9.59 Å². The first-order chi connectivity index (χ1) is 12.2. The lowest BCUT2D eigenvalue weighted by molar-refractivity contribution is -0.117. The zero-order chi connectivity index (χ0) is 18.1. The second-order valence-electron chi connectivity index (χ2n) is 6.19. The lowest BCUT2D eigenvalue weighted by Crippen LogP contribution is -2.12. The van der Waals surface area contributed by atoms with Gasteiger partial charge < -0.3 is 0 Å². The van der Waals surface area contributed by atoms with E-state index in [4.69, 9.17) is 0 Å². The molecular formula is C23H26O2. The zero-order valence-electron chi connectivity index (χ0n) is 15.1. The zero-order valence-corrected chi connectivity index (χ0v) is 15.1. The van der Waals surface area contributed by atoms with Crippen LogP contribution < -0.4 is 0 Å². The second kappa shape index (κ2) is 9.73. The van der Waals surface area contributed by atoms with Crippen molar-refractivity contribution in [1.82, 2.24) is 0 Å². The molecule has 0 spiro atoms. The summed E-state index contributed by atoms with van der Waals surface area (Å²) < 4.78 is 0. The van der Waals surface area contributed by atoms with Gasteiger partial charge in [-0.05, 0) is 23.1 Å². The lowest BCUT2D eigenvalue weighted by atomic mass is 9.80. The smallest absolute Gasteiger partial charge is 0.166 e. The van der Waals surface area contributed by atoms with E-state index in [-0.39, 0.29) is 11.7 Å². The molecule has 0 heterocycles. The summed E-state index contributed by atoms with van der Waals surface area (Å²) in [7, 11) is 0. The van der Waals surface area contributed by atoms with Gasteiger partial charge in [0, 0.05) is 12.3 Å². The predicted molar refractivity (Wildman–Crippen MR) is 103 cm³/mol. The van der Waals surface area contributed by atoms with Crippen LogP contribution in [-0.4, -0.2) is 12.1 Å². The van der Waals surface area contributed by atoms with E-state index in [2.05, 4.69) is 19.1 Å². The van der Waals surface area contributed by atoms with Crippen molar-refractivity contribution < 1.29 is 9.59 Å². The monoisotopic (exact) mass is 334 g/mol. The normalized spacial score (nSPS) is 13.0. The molecule has 2 aromatic carbocycles. The Balaban J connectivity index is 2.67. The number of hydrogen-bond acceptors (Lipinski definition) is 2. The highest BCUT2D eigenvalue weighted by Crippen LogP contribution is 2.38. The third-order valence-electron chi connectivity index (χ3n) is 4.51. The highest BCUT2D eigenvalue weighted by Gasteiger charge is 2.24. The Morgan fingerprint density at radius 3 is 2.08 bits per heavy atom. The lowest BCUT2D eigenvalue weighted by Gasteiger charge is -2.23. The number of benzene rings is 2. The molecule has 1 unspecified atom stereocenters. The Kier molecular flexibility index (Phi) is 7.34. The summed E-state index contributed by atoms with van der Waals surface area (Å²) in [5.74, 6) is -0.0504. The number of aldehydes is 1. The quantitative estimate of drug-likeness (QED) is 0.259. The number of rotatable bonds is 9. The number of carbonyl (C=O) groups excluding carboxylic acids is 2. The van der Waals surface area contributed by atoms with Crippen molar-refractivity contribution in [3.05, 3.63) is 77.4 Å². The van der Waals surface area contributed by atoms with Crippen molar-refractivity contribution in [3.63, 3.8) is 0 Å². The molecular weight excluding hydrogens is 308 g/mol. The molecule has 0 aromatic heterocycles. The maximum atomic E-state index is 12.5. The molecule has 2 rings (SSSR count). The van der Waals surface area contributed by atoms with Gasteiger partial charge in [-0.2, -0.15) is 0 Å². The maximum Gasteiger partial charge on any atom is 0.166 e. The number of unbranched alkanes of at least 4 members (excludes halogenated alkanes) is 1. The standard InChI is InChI=1S/C23H26O2/c1-3-5-16-20(18-12-8-6-9-13-18)23(19-14-10-7-11-15-19)21(17-24)22(25)4-2/h6-15,17,20H,3-5,16H2,1-2H3/b23-21+. The maximum absolute atomic E-state index is 12.5. The van der Waals surface area contributed by atoms with Crippen LogP contribution in [0.3, 0.4) is 0 Å². The van der Waals surface area contributed by atoms with Crippen molar-refractivity contribution in [1.29, 1.82) is 0 Å². The van der Waals surface area contributed by atoms with Crippen LogP contribution in [0.1, 0.15) is 56.6 Å². The molecule has 2 aromatic rings. The fourth-order valence-electron chi connectivity index (χ4n) is 3.20. The number of hydrogen-bond donors (Lipinski definition) is 0. The molecule has 0 aliphatic rings. The van der Waals surface area contributed by atoms with Crippen molar-refractivity contribution >= 4 is 17.6 Å². The van der Waals surface area contributed by atoms with Crippen LogP contribution in [0.15, 0.2) is 66.2 Å². The van der Waals surface area contributed by atoms with Gasteiger partial charge >= 0.3 is 0 Å². The Hall–Kier alpha value is -2.48. The fourth-order valence-corrected chi connectivity index (χ4v) is 3.20. The van der Waals surface area contributed by atoms with E-state index in [1.807, 2.05) is 48.5 Å². The minimum Gasteiger partial charge on any atom is -0.298 e. The van der Waals surface area contributed by atoms with Crippen LogP contribution >= 0.6 is 0 Å². The van der Waals surface area contributed by atoms with Gasteiger partial charge in [-0.1, -0.05) is 87.4 Å². The number of ketones is 1. The van der Waals surface area contributed by atoms with Crippen molar-refractivity contribution in [3.8, 4) is 0 Å². The molecule has 0 bridgehead atoms. The topological polar surface area (TPSA) is 34.1 Å². The van der Waals surface area contributed by atoms with Gasteiger partial charge in [-0.25, -0.2) is 0 Å². The first kappa shape index (κ1) is 18.9. The van der Waals surface area contributed by atoms with Crippen LogP contribution in [0.2, 0.25) is 0 Å². The summed E-state index contributed by atoms with van der Waals surface area (Å²) in [4.78, 5) is 24.3. The van der Waals surface area contributed by atoms with E-state index < -0.39 is 0 Å². The molecule has 0 radical (unpaired) electrons. The Bertz CT molecular complexity index is 714. The fraction of sp³-hybridized carbons (Fsp3) is 0.304. The average molecular weight is 334 g/mol. The van der Waals surface area contributed by atoms with Gasteiger partial charge in [0.2, 0.25) is 0 Å². The average Bonchev–Trinajstić information content (AvgIpc) is 2.68. The van der Waals surface area contributed by atoms with E-state index >= 15 is 0 Å². The molecule has 0 saturated carbocycles. The van der Waals surface area contributed by atoms with E-state index in [1.165, 1.54) is 0 Å². The summed E-state index contributed by atoms with van der Waals surface area (Å²) in [6.07, 6.45) is 4.11. The van der Waals surface area contributed by atoms with Crippen LogP contribution in [0.4, 0.5) is 0 Å². The number of carbonyl (C=O) groups is 2. The van der Waals surface area contributed by atoms with Crippen molar-refractivity contribution in [2.45, 2.75) is 45.4 Å². The molecule has 1 atom stereocenters. The Morgan fingerprint density at radius 2 is 1.56 bits per heavy atom. The summed E-state index contributed by atoms with van der Waals surface area (Å²) in [5.41, 5.74) is 3.29. The van der Waals surface area contributed by atoms with Gasteiger partial charge in [0.25, 0.3) is 0 Å². The third kappa shape index (κ3) is 4.76. The highest BCUT2D eigenvalue weighted by atomic mass is 16.1. The first-order valence-electron chi connectivity index (χ1n) is 9.05. The molecule has 0 amide bonds. The largest absolute Gasteiger partial charge is 0.298 e. The van der Waals surface area contributed by atoms with E-state index in [9.17, 15) is 9.59 Å². The van der Waals surface area contributed by atoms with Gasteiger partial charge in [-0.15, -0.1) is 0 Å². The summed E-state index contributed by atoms with van der Waals surface area (Å²) in [6, 6.07) is 20.0. The van der Waals surface area contributed by atoms with Gasteiger partial charge in [0.1, 0.15) is 0 Å². The van der Waals surface area contributed by atoms with Crippen LogP contribution in [0.25, 0.3) is 5.57 Å². The van der Waals surface area contributed by atoms with Gasteiger partial charge in [0.15, 0.2) is 12.1 Å². The summed E-state index contributed by atoms with van der Waals surface area (Å²) >= 11 is 0. The third-order valence-corrected chi connectivity index (χ3v) is 4.51. The van der Waals surface area contributed by atoms with E-state index in [0.29, 0.717) is 12.0 Å². The Labute approximate surface area is 150 Å². The molecule has 0 aliphatic carbocycles. The van der Waals surface area contributed by atoms with E-state index in [0.717, 1.165) is 42.2 Å². The van der Waals surface area contributed by atoms with Crippen molar-refractivity contribution in [2.24, 2.45) is 0 Å². The molecule has 25 heavy (non-hydrogen) atoms. The molecule has 0 N–H and O–H groups in total. The van der Waals surface area contributed by atoms with Crippen LogP contribution in [0.5, 0.6) is 0 Å². The first-order valence-corrected chi connectivity index (χ1v) is 9.05.